The Labute approximate surface area is 140 Å². The third kappa shape index (κ3) is 5.11. The second-order valence-electron chi connectivity index (χ2n) is 7.06. The Balaban J connectivity index is 1.91. The number of carbonyl (C=O) groups is 2. The summed E-state index contributed by atoms with van der Waals surface area (Å²) in [5.41, 5.74) is 5.17. The lowest BCUT2D eigenvalue weighted by Gasteiger charge is -2.22. The van der Waals surface area contributed by atoms with Gasteiger partial charge in [0.15, 0.2) is 0 Å². The Morgan fingerprint density at radius 3 is 2.54 bits per heavy atom. The molecule has 4 N–H and O–H groups in total. The van der Waals surface area contributed by atoms with Crippen molar-refractivity contribution in [3.8, 4) is 0 Å². The number of carbonyl (C=O) groups excluding carboxylic acids is 2. The summed E-state index contributed by atoms with van der Waals surface area (Å²) in [6.45, 7) is 5.42. The molecular formula is C17H24FN3O3. The predicted octanol–water partition coefficient (Wildman–Crippen LogP) is 2.78. The molecule has 1 fully saturated rings. The molecule has 1 saturated carbocycles. The van der Waals surface area contributed by atoms with Crippen LogP contribution in [0, 0.1) is 5.82 Å². The van der Waals surface area contributed by atoms with Gasteiger partial charge < -0.3 is 21.1 Å². The molecule has 0 saturated heterocycles. The highest BCUT2D eigenvalue weighted by Crippen LogP contribution is 2.25. The average Bonchev–Trinajstić information content (AvgIpc) is 2.85. The van der Waals surface area contributed by atoms with Crippen molar-refractivity contribution in [2.75, 3.05) is 5.32 Å². The fraction of sp³-hybridized carbons (Fsp3) is 0.529. The summed E-state index contributed by atoms with van der Waals surface area (Å²) in [6.07, 6.45) is 1.75. The van der Waals surface area contributed by atoms with Crippen molar-refractivity contribution < 1.29 is 18.7 Å². The smallest absolute Gasteiger partial charge is 0.407 e. The van der Waals surface area contributed by atoms with E-state index in [1.807, 2.05) is 0 Å². The number of hydrogen-bond acceptors (Lipinski definition) is 4. The second kappa shape index (κ2) is 7.07. The van der Waals surface area contributed by atoms with Crippen molar-refractivity contribution in [3.05, 3.63) is 29.6 Å². The highest BCUT2D eigenvalue weighted by molar-refractivity contribution is 5.93. The Kier molecular flexibility index (Phi) is 5.31. The summed E-state index contributed by atoms with van der Waals surface area (Å²) in [7, 11) is 0. The zero-order valence-electron chi connectivity index (χ0n) is 14.2. The highest BCUT2D eigenvalue weighted by Gasteiger charge is 2.28. The first-order valence-corrected chi connectivity index (χ1v) is 7.99. The summed E-state index contributed by atoms with van der Waals surface area (Å²) >= 11 is 0. The molecule has 1 aromatic carbocycles. The van der Waals surface area contributed by atoms with Crippen LogP contribution in [-0.4, -0.2) is 29.7 Å². The summed E-state index contributed by atoms with van der Waals surface area (Å²) < 4.78 is 19.1. The van der Waals surface area contributed by atoms with E-state index in [1.165, 1.54) is 18.2 Å². The van der Waals surface area contributed by atoms with E-state index in [4.69, 9.17) is 10.5 Å². The van der Waals surface area contributed by atoms with Gasteiger partial charge in [0.25, 0.3) is 0 Å². The van der Waals surface area contributed by atoms with Crippen LogP contribution in [0.15, 0.2) is 18.2 Å². The molecule has 6 nitrogen and oxygen atoms in total. The van der Waals surface area contributed by atoms with Gasteiger partial charge in [0.05, 0.1) is 5.69 Å². The minimum atomic E-state index is -0.603. The van der Waals surface area contributed by atoms with Crippen LogP contribution in [0.3, 0.4) is 0 Å². The number of anilines is 1. The lowest BCUT2D eigenvalue weighted by molar-refractivity contribution is 0.0505. The zero-order chi connectivity index (χ0) is 17.9. The molecule has 7 heteroatoms. The summed E-state index contributed by atoms with van der Waals surface area (Å²) in [5, 5.41) is 5.91. The van der Waals surface area contributed by atoms with Gasteiger partial charge in [-0.1, -0.05) is 0 Å². The molecule has 132 valence electrons. The van der Waals surface area contributed by atoms with E-state index in [0.29, 0.717) is 6.42 Å². The Hall–Kier alpha value is -2.31. The van der Waals surface area contributed by atoms with Gasteiger partial charge in [-0.05, 0) is 58.2 Å². The van der Waals surface area contributed by atoms with E-state index in [9.17, 15) is 14.0 Å². The van der Waals surface area contributed by atoms with Crippen molar-refractivity contribution >= 4 is 17.7 Å². The molecule has 2 amide bonds. The molecule has 0 heterocycles. The monoisotopic (exact) mass is 337 g/mol. The van der Waals surface area contributed by atoms with Crippen molar-refractivity contribution in [2.24, 2.45) is 5.73 Å². The van der Waals surface area contributed by atoms with E-state index in [-0.39, 0.29) is 23.3 Å². The van der Waals surface area contributed by atoms with E-state index in [1.54, 1.807) is 20.8 Å². The minimum Gasteiger partial charge on any atom is -0.444 e. The SMILES string of the molecule is CC(C)(C)OC(=O)NC1CCC(Nc2cc(C(N)=O)ccc2F)C1. The van der Waals surface area contributed by atoms with Gasteiger partial charge in [-0.2, -0.15) is 0 Å². The van der Waals surface area contributed by atoms with Crippen LogP contribution in [0.4, 0.5) is 14.9 Å². The number of hydrogen-bond donors (Lipinski definition) is 3. The van der Waals surface area contributed by atoms with Gasteiger partial charge in [0, 0.05) is 17.6 Å². The van der Waals surface area contributed by atoms with E-state index in [2.05, 4.69) is 10.6 Å². The fourth-order valence-corrected chi connectivity index (χ4v) is 2.73. The minimum absolute atomic E-state index is 0.00237. The highest BCUT2D eigenvalue weighted by atomic mass is 19.1. The topological polar surface area (TPSA) is 93.4 Å². The molecule has 0 aromatic heterocycles. The summed E-state index contributed by atoms with van der Waals surface area (Å²) in [6, 6.07) is 3.95. The molecule has 2 atom stereocenters. The van der Waals surface area contributed by atoms with Gasteiger partial charge in [-0.3, -0.25) is 4.79 Å². The van der Waals surface area contributed by atoms with Gasteiger partial charge >= 0.3 is 6.09 Å². The van der Waals surface area contributed by atoms with Crippen LogP contribution in [-0.2, 0) is 4.74 Å². The molecule has 1 aliphatic rings. The van der Waals surface area contributed by atoms with E-state index >= 15 is 0 Å². The molecule has 1 aliphatic carbocycles. The van der Waals surface area contributed by atoms with Gasteiger partial charge in [0.2, 0.25) is 5.91 Å². The van der Waals surface area contributed by atoms with Crippen LogP contribution in [0.25, 0.3) is 0 Å². The maximum atomic E-state index is 13.9. The quantitative estimate of drug-likeness (QED) is 0.787. The lowest BCUT2D eigenvalue weighted by atomic mass is 10.1. The molecule has 0 spiro atoms. The number of primary amides is 1. The molecular weight excluding hydrogens is 313 g/mol. The van der Waals surface area contributed by atoms with Gasteiger partial charge in [0.1, 0.15) is 11.4 Å². The molecule has 2 unspecified atom stereocenters. The van der Waals surface area contributed by atoms with Crippen molar-refractivity contribution in [3.63, 3.8) is 0 Å². The molecule has 2 rings (SSSR count). The predicted molar refractivity (Wildman–Crippen MR) is 89.3 cm³/mol. The zero-order valence-corrected chi connectivity index (χ0v) is 14.2. The Bertz CT molecular complexity index is 628. The standard InChI is InChI=1S/C17H24FN3O3/c1-17(2,3)24-16(23)21-12-6-5-11(9-12)20-14-8-10(15(19)22)4-7-13(14)18/h4,7-8,11-12,20H,5-6,9H2,1-3H3,(H2,19,22)(H,21,23). The second-order valence-corrected chi connectivity index (χ2v) is 7.06. The largest absolute Gasteiger partial charge is 0.444 e. The lowest BCUT2D eigenvalue weighted by Crippen LogP contribution is -2.38. The van der Waals surface area contributed by atoms with E-state index < -0.39 is 23.4 Å². The van der Waals surface area contributed by atoms with Gasteiger partial charge in [-0.25, -0.2) is 9.18 Å². The van der Waals surface area contributed by atoms with Crippen LogP contribution in [0.2, 0.25) is 0 Å². The number of rotatable bonds is 4. The maximum Gasteiger partial charge on any atom is 0.407 e. The first-order chi connectivity index (χ1) is 11.1. The van der Waals surface area contributed by atoms with Crippen LogP contribution < -0.4 is 16.4 Å². The number of alkyl carbamates (subject to hydrolysis) is 1. The van der Waals surface area contributed by atoms with Crippen molar-refractivity contribution in [1.29, 1.82) is 0 Å². The number of ether oxygens (including phenoxy) is 1. The Morgan fingerprint density at radius 2 is 1.92 bits per heavy atom. The Morgan fingerprint density at radius 1 is 1.25 bits per heavy atom. The average molecular weight is 337 g/mol. The molecule has 0 aliphatic heterocycles. The number of nitrogens with one attached hydrogen (secondary N) is 2. The van der Waals surface area contributed by atoms with E-state index in [0.717, 1.165) is 12.8 Å². The fourth-order valence-electron chi connectivity index (χ4n) is 2.73. The van der Waals surface area contributed by atoms with Gasteiger partial charge in [-0.15, -0.1) is 0 Å². The number of amides is 2. The molecule has 24 heavy (non-hydrogen) atoms. The normalized spacial score (nSPS) is 20.5. The molecule has 0 radical (unpaired) electrons. The van der Waals surface area contributed by atoms with Crippen LogP contribution >= 0.6 is 0 Å². The number of nitrogens with two attached hydrogens (primary N) is 1. The third-order valence-corrected chi connectivity index (χ3v) is 3.76. The maximum absolute atomic E-state index is 13.9. The van der Waals surface area contributed by atoms with Crippen molar-refractivity contribution in [1.82, 2.24) is 5.32 Å². The van der Waals surface area contributed by atoms with Crippen molar-refractivity contribution in [2.45, 2.75) is 57.7 Å². The van der Waals surface area contributed by atoms with Crippen LogP contribution in [0.1, 0.15) is 50.4 Å². The summed E-state index contributed by atoms with van der Waals surface area (Å²) in [4.78, 5) is 23.0. The summed E-state index contributed by atoms with van der Waals surface area (Å²) in [5.74, 6) is -1.04. The first-order valence-electron chi connectivity index (χ1n) is 7.99. The first kappa shape index (κ1) is 18.0. The van der Waals surface area contributed by atoms with Crippen LogP contribution in [0.5, 0.6) is 0 Å². The number of benzene rings is 1. The number of halogens is 1. The molecule has 1 aromatic rings. The molecule has 0 bridgehead atoms. The third-order valence-electron chi connectivity index (χ3n) is 3.76.